The van der Waals surface area contributed by atoms with Gasteiger partial charge in [0.25, 0.3) is 5.91 Å². The second-order valence-electron chi connectivity index (χ2n) is 5.49. The molecule has 19 heavy (non-hydrogen) atoms. The third-order valence-electron chi connectivity index (χ3n) is 4.30. The molecule has 2 bridgehead atoms. The number of nitrogens with zero attached hydrogens (tertiary/aromatic N) is 2. The van der Waals surface area contributed by atoms with E-state index in [1.54, 1.807) is 16.8 Å². The molecule has 7 nitrogen and oxygen atoms in total. The predicted molar refractivity (Wildman–Crippen MR) is 67.2 cm³/mol. The van der Waals surface area contributed by atoms with Crippen LogP contribution in [0.3, 0.4) is 0 Å². The second-order valence-corrected chi connectivity index (χ2v) is 5.49. The molecule has 2 N–H and O–H groups in total. The Hall–Kier alpha value is -1.34. The van der Waals surface area contributed by atoms with E-state index in [1.807, 2.05) is 0 Å². The number of carbonyl (C=O) groups is 2. The van der Waals surface area contributed by atoms with Crippen LogP contribution in [-0.4, -0.2) is 66.6 Å². The molecule has 3 rings (SSSR count). The van der Waals surface area contributed by atoms with Crippen molar-refractivity contribution in [2.45, 2.75) is 37.5 Å². The summed E-state index contributed by atoms with van der Waals surface area (Å²) in [6.07, 6.45) is 2.52. The highest BCUT2D eigenvalue weighted by atomic mass is 16.7. The standard InChI is InChI=1S/C12H20N4O3/c1-15-8-2-3-10(16(7-8)12(15)18)11(17)14-19-9-4-5-13-6-9/h8-10,13H,2-7H2,1H3,(H,14,17)/t8-,9?,10+/m1/s1. The number of piperidine rings is 1. The molecule has 106 valence electrons. The van der Waals surface area contributed by atoms with Crippen LogP contribution in [0.25, 0.3) is 0 Å². The SMILES string of the molecule is CN1C(=O)N2C[C@H]1CC[C@H]2C(=O)NOC1CCNC1. The predicted octanol–water partition coefficient (Wildman–Crippen LogP) is -0.705. The Morgan fingerprint density at radius 2 is 2.26 bits per heavy atom. The van der Waals surface area contributed by atoms with E-state index in [9.17, 15) is 9.59 Å². The van der Waals surface area contributed by atoms with E-state index in [1.165, 1.54) is 0 Å². The van der Waals surface area contributed by atoms with Crippen LogP contribution in [0.15, 0.2) is 0 Å². The molecule has 0 aromatic rings. The summed E-state index contributed by atoms with van der Waals surface area (Å²) in [6, 6.07) is -0.176. The molecule has 3 heterocycles. The zero-order valence-corrected chi connectivity index (χ0v) is 11.1. The van der Waals surface area contributed by atoms with Crippen molar-refractivity contribution in [3.05, 3.63) is 0 Å². The molecule has 7 heteroatoms. The van der Waals surface area contributed by atoms with Crippen LogP contribution in [0.4, 0.5) is 4.79 Å². The first-order valence-electron chi connectivity index (χ1n) is 6.86. The number of likely N-dealkylation sites (N-methyl/N-ethyl adjacent to an activating group) is 1. The van der Waals surface area contributed by atoms with Crippen LogP contribution in [0, 0.1) is 0 Å². The number of fused-ring (bicyclic) bond motifs is 2. The lowest BCUT2D eigenvalue weighted by Crippen LogP contribution is -2.50. The maximum absolute atomic E-state index is 12.1. The van der Waals surface area contributed by atoms with Gasteiger partial charge in [-0.1, -0.05) is 0 Å². The fourth-order valence-corrected chi connectivity index (χ4v) is 3.05. The summed E-state index contributed by atoms with van der Waals surface area (Å²) in [4.78, 5) is 32.9. The number of carbonyl (C=O) groups excluding carboxylic acids is 2. The molecule has 3 aliphatic heterocycles. The number of nitrogens with one attached hydrogen (secondary N) is 2. The van der Waals surface area contributed by atoms with Gasteiger partial charge in [0.2, 0.25) is 0 Å². The Labute approximate surface area is 112 Å². The minimum atomic E-state index is -0.386. The normalized spacial score (nSPS) is 33.9. The second kappa shape index (κ2) is 4.97. The van der Waals surface area contributed by atoms with Gasteiger partial charge in [0.05, 0.1) is 12.1 Å². The largest absolute Gasteiger partial charge is 0.323 e. The van der Waals surface area contributed by atoms with Gasteiger partial charge in [0, 0.05) is 20.1 Å². The van der Waals surface area contributed by atoms with Crippen molar-refractivity contribution in [1.29, 1.82) is 0 Å². The lowest BCUT2D eigenvalue weighted by atomic mass is 10.0. The Balaban J connectivity index is 1.56. The Morgan fingerprint density at radius 3 is 3.00 bits per heavy atom. The molecule has 3 aliphatic rings. The van der Waals surface area contributed by atoms with Crippen LogP contribution < -0.4 is 10.8 Å². The molecular formula is C12H20N4O3. The van der Waals surface area contributed by atoms with Gasteiger partial charge in [0.15, 0.2) is 0 Å². The van der Waals surface area contributed by atoms with E-state index in [0.717, 1.165) is 25.9 Å². The van der Waals surface area contributed by atoms with Crippen molar-refractivity contribution in [3.63, 3.8) is 0 Å². The fourth-order valence-electron chi connectivity index (χ4n) is 3.05. The molecule has 3 amide bonds. The number of hydroxylamine groups is 1. The fraction of sp³-hybridized carbons (Fsp3) is 0.833. The molecule has 3 fully saturated rings. The van der Waals surface area contributed by atoms with Crippen molar-refractivity contribution >= 4 is 11.9 Å². The first-order valence-corrected chi connectivity index (χ1v) is 6.86. The number of rotatable bonds is 3. The minimum Gasteiger partial charge on any atom is -0.323 e. The molecule has 0 aliphatic carbocycles. The summed E-state index contributed by atoms with van der Waals surface area (Å²) in [5.41, 5.74) is 2.52. The van der Waals surface area contributed by atoms with Gasteiger partial charge in [-0.15, -0.1) is 0 Å². The zero-order chi connectivity index (χ0) is 13.4. The van der Waals surface area contributed by atoms with Gasteiger partial charge < -0.3 is 15.1 Å². The topological polar surface area (TPSA) is 73.9 Å². The molecule has 3 saturated heterocycles. The average Bonchev–Trinajstić information content (AvgIpc) is 3.01. The maximum atomic E-state index is 12.1. The van der Waals surface area contributed by atoms with Gasteiger partial charge in [-0.25, -0.2) is 10.3 Å². The molecule has 0 saturated carbocycles. The summed E-state index contributed by atoms with van der Waals surface area (Å²) < 4.78 is 0. The van der Waals surface area contributed by atoms with E-state index >= 15 is 0 Å². The van der Waals surface area contributed by atoms with Crippen LogP contribution >= 0.6 is 0 Å². The van der Waals surface area contributed by atoms with Crippen molar-refractivity contribution in [2.75, 3.05) is 26.7 Å². The third-order valence-corrected chi connectivity index (χ3v) is 4.30. The van der Waals surface area contributed by atoms with E-state index in [2.05, 4.69) is 10.8 Å². The van der Waals surface area contributed by atoms with Gasteiger partial charge in [-0.05, 0) is 25.8 Å². The number of hydrogen-bond acceptors (Lipinski definition) is 4. The Bertz CT molecular complexity index is 383. The van der Waals surface area contributed by atoms with Crippen molar-refractivity contribution in [1.82, 2.24) is 20.6 Å². The van der Waals surface area contributed by atoms with Gasteiger partial charge >= 0.3 is 6.03 Å². The maximum Gasteiger partial charge on any atom is 0.320 e. The highest BCUT2D eigenvalue weighted by Gasteiger charge is 2.45. The monoisotopic (exact) mass is 268 g/mol. The summed E-state index contributed by atoms with van der Waals surface area (Å²) in [5.74, 6) is -0.200. The highest BCUT2D eigenvalue weighted by molar-refractivity contribution is 5.88. The van der Waals surface area contributed by atoms with Crippen LogP contribution in [0.5, 0.6) is 0 Å². The summed E-state index contributed by atoms with van der Waals surface area (Å²) in [5, 5.41) is 3.17. The highest BCUT2D eigenvalue weighted by Crippen LogP contribution is 2.28. The third kappa shape index (κ3) is 2.28. The van der Waals surface area contributed by atoms with Crippen molar-refractivity contribution in [3.8, 4) is 0 Å². The molecule has 3 atom stereocenters. The number of hydrogen-bond donors (Lipinski definition) is 2. The lowest BCUT2D eigenvalue weighted by molar-refractivity contribution is -0.142. The van der Waals surface area contributed by atoms with Gasteiger partial charge in [0.1, 0.15) is 6.04 Å². The number of urea groups is 1. The smallest absolute Gasteiger partial charge is 0.320 e. The average molecular weight is 268 g/mol. The first-order chi connectivity index (χ1) is 9.16. The van der Waals surface area contributed by atoms with Crippen molar-refractivity contribution in [2.24, 2.45) is 0 Å². The Morgan fingerprint density at radius 1 is 1.42 bits per heavy atom. The quantitative estimate of drug-likeness (QED) is 0.664. The molecular weight excluding hydrogens is 248 g/mol. The van der Waals surface area contributed by atoms with Gasteiger partial charge in [-0.2, -0.15) is 0 Å². The summed E-state index contributed by atoms with van der Waals surface area (Å²) in [7, 11) is 1.80. The van der Waals surface area contributed by atoms with Gasteiger partial charge in [-0.3, -0.25) is 9.63 Å². The lowest BCUT2D eigenvalue weighted by Gasteiger charge is -2.29. The molecule has 0 radical (unpaired) electrons. The van der Waals surface area contributed by atoms with Crippen LogP contribution in [-0.2, 0) is 9.63 Å². The Kier molecular flexibility index (Phi) is 3.32. The molecule has 1 unspecified atom stereocenters. The zero-order valence-electron chi connectivity index (χ0n) is 11.1. The summed E-state index contributed by atoms with van der Waals surface area (Å²) in [6.45, 7) is 2.33. The van der Waals surface area contributed by atoms with Crippen molar-refractivity contribution < 1.29 is 14.4 Å². The number of amides is 3. The first kappa shape index (κ1) is 12.7. The van der Waals surface area contributed by atoms with E-state index in [0.29, 0.717) is 13.0 Å². The van der Waals surface area contributed by atoms with Crippen LogP contribution in [0.1, 0.15) is 19.3 Å². The van der Waals surface area contributed by atoms with E-state index in [-0.39, 0.29) is 30.1 Å². The summed E-state index contributed by atoms with van der Waals surface area (Å²) >= 11 is 0. The van der Waals surface area contributed by atoms with E-state index < -0.39 is 0 Å². The minimum absolute atomic E-state index is 0.0391. The van der Waals surface area contributed by atoms with Crippen LogP contribution in [0.2, 0.25) is 0 Å². The van der Waals surface area contributed by atoms with E-state index in [4.69, 9.17) is 4.84 Å². The molecule has 0 aromatic heterocycles. The molecule has 0 aromatic carbocycles. The molecule has 0 spiro atoms.